The van der Waals surface area contributed by atoms with E-state index < -0.39 is 24.7 Å². The Hall–Kier alpha value is -1.56. The van der Waals surface area contributed by atoms with Crippen LogP contribution in [0.3, 0.4) is 0 Å². The van der Waals surface area contributed by atoms with Crippen LogP contribution in [-0.4, -0.2) is 48.1 Å². The average molecular weight is 300 g/mol. The molecule has 0 aliphatic carbocycles. The molecule has 21 heavy (non-hydrogen) atoms. The third-order valence-electron chi connectivity index (χ3n) is 4.02. The lowest BCUT2D eigenvalue weighted by Crippen LogP contribution is -2.43. The lowest BCUT2D eigenvalue weighted by Gasteiger charge is -2.30. The van der Waals surface area contributed by atoms with E-state index in [4.69, 9.17) is 0 Å². The number of carbonyl (C=O) groups is 1. The van der Waals surface area contributed by atoms with Gasteiger partial charge in [-0.05, 0) is 26.0 Å². The van der Waals surface area contributed by atoms with Gasteiger partial charge in [0.15, 0.2) is 0 Å². The van der Waals surface area contributed by atoms with Crippen molar-refractivity contribution in [2.45, 2.75) is 31.6 Å². The van der Waals surface area contributed by atoms with Gasteiger partial charge in [-0.15, -0.1) is 0 Å². The van der Waals surface area contributed by atoms with Crippen LogP contribution in [0.4, 0.5) is 13.2 Å². The summed E-state index contributed by atoms with van der Waals surface area (Å²) in [4.78, 5) is 14.9. The number of hydrogen-bond donors (Lipinski definition) is 0. The summed E-state index contributed by atoms with van der Waals surface area (Å²) >= 11 is 0. The quantitative estimate of drug-likeness (QED) is 0.853. The standard InChI is InChI=1S/C15H19F3N2O/c1-11(12-6-4-3-5-7-12)19(2)13-8-9-20(14(13)21)10-15(16,17)18/h3-7,11,13H,8-10H2,1-2H3/t11-,13-/m0/s1. The normalized spacial score (nSPS) is 21.1. The smallest absolute Gasteiger partial charge is 0.332 e. The topological polar surface area (TPSA) is 23.6 Å². The van der Waals surface area contributed by atoms with Crippen LogP contribution in [0.1, 0.15) is 24.9 Å². The molecule has 2 atom stereocenters. The molecule has 0 saturated carbocycles. The first kappa shape index (κ1) is 15.8. The predicted octanol–water partition coefficient (Wildman–Crippen LogP) is 2.84. The molecular formula is C15H19F3N2O. The number of amides is 1. The molecule has 2 rings (SSSR count). The molecule has 116 valence electrons. The summed E-state index contributed by atoms with van der Waals surface area (Å²) < 4.78 is 37.3. The number of likely N-dealkylation sites (tertiary alicyclic amines) is 1. The third kappa shape index (κ3) is 3.75. The number of rotatable bonds is 4. The Morgan fingerprint density at radius 1 is 1.33 bits per heavy atom. The van der Waals surface area contributed by atoms with Gasteiger partial charge in [-0.25, -0.2) is 0 Å². The fourth-order valence-corrected chi connectivity index (χ4v) is 2.71. The van der Waals surface area contributed by atoms with Gasteiger partial charge in [-0.3, -0.25) is 9.69 Å². The Morgan fingerprint density at radius 3 is 2.52 bits per heavy atom. The number of carbonyl (C=O) groups excluding carboxylic acids is 1. The maximum atomic E-state index is 12.4. The van der Waals surface area contributed by atoms with Crippen molar-refractivity contribution in [3.8, 4) is 0 Å². The average Bonchev–Trinajstić information content (AvgIpc) is 2.78. The van der Waals surface area contributed by atoms with Crippen LogP contribution < -0.4 is 0 Å². The van der Waals surface area contributed by atoms with Crippen LogP contribution >= 0.6 is 0 Å². The second kappa shape index (κ2) is 6.05. The lowest BCUT2D eigenvalue weighted by molar-refractivity contribution is -0.159. The fourth-order valence-electron chi connectivity index (χ4n) is 2.71. The Balaban J connectivity index is 2.04. The first-order chi connectivity index (χ1) is 9.79. The predicted molar refractivity (Wildman–Crippen MR) is 73.7 cm³/mol. The van der Waals surface area contributed by atoms with Crippen LogP contribution in [0.2, 0.25) is 0 Å². The van der Waals surface area contributed by atoms with Gasteiger partial charge in [0, 0.05) is 12.6 Å². The van der Waals surface area contributed by atoms with Crippen LogP contribution in [0.15, 0.2) is 30.3 Å². The van der Waals surface area contributed by atoms with E-state index in [0.717, 1.165) is 10.5 Å². The number of benzene rings is 1. The number of hydrogen-bond acceptors (Lipinski definition) is 2. The largest absolute Gasteiger partial charge is 0.406 e. The van der Waals surface area contributed by atoms with E-state index in [1.165, 1.54) is 0 Å². The highest BCUT2D eigenvalue weighted by Gasteiger charge is 2.41. The SMILES string of the molecule is C[C@@H](c1ccccc1)N(C)[C@H]1CCN(CC(F)(F)F)C1=O. The molecular weight excluding hydrogens is 281 g/mol. The van der Waals surface area contributed by atoms with E-state index >= 15 is 0 Å². The summed E-state index contributed by atoms with van der Waals surface area (Å²) in [5, 5.41) is 0. The molecule has 0 unspecified atom stereocenters. The van der Waals surface area contributed by atoms with E-state index in [9.17, 15) is 18.0 Å². The van der Waals surface area contributed by atoms with Crippen molar-refractivity contribution in [1.29, 1.82) is 0 Å². The minimum Gasteiger partial charge on any atom is -0.332 e. The van der Waals surface area contributed by atoms with Gasteiger partial charge in [0.25, 0.3) is 0 Å². The molecule has 1 aliphatic heterocycles. The second-order valence-electron chi connectivity index (χ2n) is 5.43. The van der Waals surface area contributed by atoms with Gasteiger partial charge < -0.3 is 4.90 Å². The second-order valence-corrected chi connectivity index (χ2v) is 5.43. The van der Waals surface area contributed by atoms with Gasteiger partial charge in [-0.2, -0.15) is 13.2 Å². The molecule has 0 bridgehead atoms. The zero-order valence-corrected chi connectivity index (χ0v) is 12.1. The van der Waals surface area contributed by atoms with E-state index in [1.54, 1.807) is 7.05 Å². The molecule has 1 fully saturated rings. The number of halogens is 3. The summed E-state index contributed by atoms with van der Waals surface area (Å²) in [5.74, 6) is -0.433. The summed E-state index contributed by atoms with van der Waals surface area (Å²) in [6.45, 7) is 0.958. The van der Waals surface area contributed by atoms with E-state index in [0.29, 0.717) is 6.42 Å². The van der Waals surface area contributed by atoms with Crippen LogP contribution in [0, 0.1) is 0 Å². The summed E-state index contributed by atoms with van der Waals surface area (Å²) in [6.07, 6.45) is -3.91. The van der Waals surface area contributed by atoms with E-state index in [2.05, 4.69) is 0 Å². The van der Waals surface area contributed by atoms with Gasteiger partial charge in [0.05, 0.1) is 6.04 Å². The molecule has 1 amide bonds. The molecule has 0 aromatic heterocycles. The highest BCUT2D eigenvalue weighted by Crippen LogP contribution is 2.27. The highest BCUT2D eigenvalue weighted by atomic mass is 19.4. The minimum atomic E-state index is -4.34. The van der Waals surface area contributed by atoms with Crippen molar-refractivity contribution in [2.75, 3.05) is 20.1 Å². The van der Waals surface area contributed by atoms with Crippen molar-refractivity contribution in [1.82, 2.24) is 9.80 Å². The van der Waals surface area contributed by atoms with Gasteiger partial charge in [0.2, 0.25) is 5.91 Å². The number of nitrogens with zero attached hydrogens (tertiary/aromatic N) is 2. The van der Waals surface area contributed by atoms with Crippen LogP contribution in [-0.2, 0) is 4.79 Å². The Bertz CT molecular complexity index is 489. The lowest BCUT2D eigenvalue weighted by atomic mass is 10.1. The number of likely N-dealkylation sites (N-methyl/N-ethyl adjacent to an activating group) is 1. The highest BCUT2D eigenvalue weighted by molar-refractivity contribution is 5.84. The minimum absolute atomic E-state index is 0.0222. The molecule has 1 aromatic rings. The molecule has 1 heterocycles. The Morgan fingerprint density at radius 2 is 1.95 bits per heavy atom. The maximum Gasteiger partial charge on any atom is 0.406 e. The van der Waals surface area contributed by atoms with Crippen molar-refractivity contribution in [2.24, 2.45) is 0 Å². The third-order valence-corrected chi connectivity index (χ3v) is 4.02. The summed E-state index contributed by atoms with van der Waals surface area (Å²) in [5.41, 5.74) is 1.04. The molecule has 0 radical (unpaired) electrons. The molecule has 0 spiro atoms. The molecule has 1 aromatic carbocycles. The van der Waals surface area contributed by atoms with Crippen molar-refractivity contribution >= 4 is 5.91 Å². The van der Waals surface area contributed by atoms with Crippen molar-refractivity contribution < 1.29 is 18.0 Å². The fraction of sp³-hybridized carbons (Fsp3) is 0.533. The van der Waals surface area contributed by atoms with E-state index in [-0.39, 0.29) is 12.6 Å². The van der Waals surface area contributed by atoms with Gasteiger partial charge in [-0.1, -0.05) is 30.3 Å². The molecule has 1 saturated heterocycles. The Kier molecular flexibility index (Phi) is 4.56. The van der Waals surface area contributed by atoms with Crippen molar-refractivity contribution in [3.63, 3.8) is 0 Å². The van der Waals surface area contributed by atoms with E-state index in [1.807, 2.05) is 42.2 Å². The first-order valence-electron chi connectivity index (χ1n) is 6.92. The van der Waals surface area contributed by atoms with Crippen LogP contribution in [0.5, 0.6) is 0 Å². The molecule has 1 aliphatic rings. The summed E-state index contributed by atoms with van der Waals surface area (Å²) in [6, 6.07) is 9.12. The van der Waals surface area contributed by atoms with Crippen LogP contribution in [0.25, 0.3) is 0 Å². The zero-order chi connectivity index (χ0) is 15.6. The monoisotopic (exact) mass is 300 g/mol. The van der Waals surface area contributed by atoms with Crippen molar-refractivity contribution in [3.05, 3.63) is 35.9 Å². The van der Waals surface area contributed by atoms with Gasteiger partial charge in [0.1, 0.15) is 6.54 Å². The zero-order valence-electron chi connectivity index (χ0n) is 12.1. The molecule has 6 heteroatoms. The summed E-state index contributed by atoms with van der Waals surface area (Å²) in [7, 11) is 1.79. The first-order valence-corrected chi connectivity index (χ1v) is 6.92. The molecule has 3 nitrogen and oxygen atoms in total. The molecule has 0 N–H and O–H groups in total. The number of alkyl halides is 3. The Labute approximate surface area is 122 Å². The van der Waals surface area contributed by atoms with Gasteiger partial charge >= 0.3 is 6.18 Å². The maximum absolute atomic E-state index is 12.4.